The molecule has 0 spiro atoms. The second-order valence-corrected chi connectivity index (χ2v) is 9.63. The zero-order valence-corrected chi connectivity index (χ0v) is 17.1. The highest BCUT2D eigenvalue weighted by molar-refractivity contribution is 7.68. The Balaban J connectivity index is 1.98. The number of anilines is 1. The molecule has 128 valence electrons. The van der Waals surface area contributed by atoms with Gasteiger partial charge in [-0.1, -0.05) is 49.9 Å². The molecule has 0 atom stereocenters. The molecule has 0 unspecified atom stereocenters. The summed E-state index contributed by atoms with van der Waals surface area (Å²) in [6.07, 6.45) is 0. The fourth-order valence-corrected chi connectivity index (χ4v) is 6.27. The highest BCUT2D eigenvalue weighted by atomic mass is 35.5. The van der Waals surface area contributed by atoms with Crippen LogP contribution in [0.3, 0.4) is 0 Å². The zero-order valence-electron chi connectivity index (χ0n) is 14.0. The number of nitrogens with zero attached hydrogens (tertiary/aromatic N) is 1. The molecule has 0 saturated carbocycles. The standard InChI is InChI=1S/C19H16Cl2N2S2/c1-10-4-6-12(9-14(10)21)22-18-16-13-8-11(20)5-7-15(13)23-19(2,3)17(16)24-25-18/h4-9,23H,1-3H3. The van der Waals surface area contributed by atoms with Gasteiger partial charge in [0.25, 0.3) is 0 Å². The predicted molar refractivity (Wildman–Crippen MR) is 111 cm³/mol. The normalized spacial score (nSPS) is 15.5. The summed E-state index contributed by atoms with van der Waals surface area (Å²) in [6, 6.07) is 11.9. The highest BCUT2D eigenvalue weighted by Gasteiger charge is 2.33. The van der Waals surface area contributed by atoms with Crippen molar-refractivity contribution >= 4 is 55.3 Å². The second-order valence-electron chi connectivity index (χ2n) is 6.66. The summed E-state index contributed by atoms with van der Waals surface area (Å²) in [5.74, 6) is 0. The summed E-state index contributed by atoms with van der Waals surface area (Å²) in [5, 5.41) is 5.07. The number of nitrogens with one attached hydrogen (secondary N) is 1. The summed E-state index contributed by atoms with van der Waals surface area (Å²) < 4.78 is 0.998. The Morgan fingerprint density at radius 3 is 2.60 bits per heavy atom. The van der Waals surface area contributed by atoms with Crippen molar-refractivity contribution in [3.63, 3.8) is 0 Å². The highest BCUT2D eigenvalue weighted by Crippen LogP contribution is 2.46. The first-order valence-electron chi connectivity index (χ1n) is 7.88. The topological polar surface area (TPSA) is 24.4 Å². The summed E-state index contributed by atoms with van der Waals surface area (Å²) in [4.78, 5) is 6.17. The van der Waals surface area contributed by atoms with Gasteiger partial charge in [-0.15, -0.1) is 0 Å². The molecule has 2 aromatic carbocycles. The van der Waals surface area contributed by atoms with Crippen LogP contribution in [0, 0.1) is 6.92 Å². The lowest BCUT2D eigenvalue weighted by Crippen LogP contribution is -2.31. The maximum Gasteiger partial charge on any atom is 0.135 e. The van der Waals surface area contributed by atoms with E-state index in [0.29, 0.717) is 0 Å². The van der Waals surface area contributed by atoms with E-state index in [1.807, 2.05) is 43.3 Å². The third-order valence-electron chi connectivity index (χ3n) is 4.30. The Hall–Kier alpha value is -1.33. The van der Waals surface area contributed by atoms with Gasteiger partial charge in [-0.3, -0.25) is 0 Å². The lowest BCUT2D eigenvalue weighted by molar-refractivity contribution is 0.619. The Labute approximate surface area is 164 Å². The van der Waals surface area contributed by atoms with Crippen LogP contribution in [0.15, 0.2) is 41.4 Å². The average Bonchev–Trinajstić information content (AvgIpc) is 2.97. The van der Waals surface area contributed by atoms with Crippen LogP contribution in [0.25, 0.3) is 11.1 Å². The molecule has 0 radical (unpaired) electrons. The molecule has 2 nitrogen and oxygen atoms in total. The lowest BCUT2D eigenvalue weighted by atomic mass is 9.90. The molecular weight excluding hydrogens is 391 g/mol. The number of halogens is 2. The van der Waals surface area contributed by atoms with E-state index in [1.54, 1.807) is 20.7 Å². The average molecular weight is 407 g/mol. The van der Waals surface area contributed by atoms with E-state index in [-0.39, 0.29) is 5.54 Å². The Morgan fingerprint density at radius 2 is 1.84 bits per heavy atom. The first-order valence-corrected chi connectivity index (χ1v) is 10.8. The SMILES string of the molecule is Cc1ccc(N=c2ssc3c2-c2cc(Cl)ccc2NC3(C)C)cc1Cl. The van der Waals surface area contributed by atoms with Gasteiger partial charge in [0.1, 0.15) is 4.67 Å². The van der Waals surface area contributed by atoms with E-state index in [4.69, 9.17) is 28.2 Å². The van der Waals surface area contributed by atoms with Gasteiger partial charge in [0, 0.05) is 26.9 Å². The van der Waals surface area contributed by atoms with E-state index in [9.17, 15) is 0 Å². The van der Waals surface area contributed by atoms with E-state index in [0.717, 1.165) is 37.2 Å². The number of hydrogen-bond acceptors (Lipinski definition) is 4. The van der Waals surface area contributed by atoms with Crippen molar-refractivity contribution in [1.29, 1.82) is 0 Å². The predicted octanol–water partition coefficient (Wildman–Crippen LogP) is 6.98. The van der Waals surface area contributed by atoms with Crippen molar-refractivity contribution in [1.82, 2.24) is 0 Å². The molecule has 2 heterocycles. The van der Waals surface area contributed by atoms with E-state index < -0.39 is 0 Å². The minimum Gasteiger partial charge on any atom is -0.375 e. The van der Waals surface area contributed by atoms with Crippen LogP contribution in [0.4, 0.5) is 11.4 Å². The molecule has 1 N–H and O–H groups in total. The quantitative estimate of drug-likeness (QED) is 0.432. The van der Waals surface area contributed by atoms with Crippen molar-refractivity contribution in [3.05, 3.63) is 61.6 Å². The zero-order chi connectivity index (χ0) is 17.8. The molecule has 1 aliphatic heterocycles. The molecule has 1 aliphatic rings. The molecule has 25 heavy (non-hydrogen) atoms. The van der Waals surface area contributed by atoms with Gasteiger partial charge in [-0.2, -0.15) is 0 Å². The van der Waals surface area contributed by atoms with Crippen molar-refractivity contribution in [2.75, 3.05) is 5.32 Å². The summed E-state index contributed by atoms with van der Waals surface area (Å²) >= 11 is 12.5. The first kappa shape index (κ1) is 17.1. The van der Waals surface area contributed by atoms with Crippen LogP contribution in [0.5, 0.6) is 0 Å². The van der Waals surface area contributed by atoms with Crippen LogP contribution < -0.4 is 9.99 Å². The number of hydrogen-bond donors (Lipinski definition) is 1. The summed E-state index contributed by atoms with van der Waals surface area (Å²) in [6.45, 7) is 6.38. The molecule has 0 bridgehead atoms. The number of fused-ring (bicyclic) bond motifs is 3. The molecule has 0 fully saturated rings. The third-order valence-corrected chi connectivity index (χ3v) is 7.58. The fourth-order valence-electron chi connectivity index (χ4n) is 2.98. The number of rotatable bonds is 1. The number of benzene rings is 2. The van der Waals surface area contributed by atoms with Gasteiger partial charge in [0.05, 0.1) is 16.1 Å². The lowest BCUT2D eigenvalue weighted by Gasteiger charge is -2.33. The molecule has 0 saturated heterocycles. The minimum absolute atomic E-state index is 0.143. The molecule has 0 amide bonds. The van der Waals surface area contributed by atoms with E-state index >= 15 is 0 Å². The molecule has 1 aromatic heterocycles. The fraction of sp³-hybridized carbons (Fsp3) is 0.211. The maximum atomic E-state index is 6.26. The van der Waals surface area contributed by atoms with Crippen molar-refractivity contribution in [2.24, 2.45) is 4.99 Å². The van der Waals surface area contributed by atoms with E-state index in [2.05, 4.69) is 19.2 Å². The molecule has 4 rings (SSSR count). The van der Waals surface area contributed by atoms with Crippen LogP contribution in [0.2, 0.25) is 10.0 Å². The second kappa shape index (κ2) is 6.13. The summed E-state index contributed by atoms with van der Waals surface area (Å²) in [7, 11) is 3.46. The summed E-state index contributed by atoms with van der Waals surface area (Å²) in [5.41, 5.74) is 5.15. The Bertz CT molecular complexity index is 1050. The van der Waals surface area contributed by atoms with Crippen LogP contribution in [0.1, 0.15) is 24.3 Å². The molecule has 6 heteroatoms. The van der Waals surface area contributed by atoms with Gasteiger partial charge in [-0.05, 0) is 56.7 Å². The van der Waals surface area contributed by atoms with E-state index in [1.165, 1.54) is 10.4 Å². The van der Waals surface area contributed by atoms with Crippen molar-refractivity contribution in [2.45, 2.75) is 26.3 Å². The van der Waals surface area contributed by atoms with Crippen LogP contribution >= 0.6 is 43.9 Å². The largest absolute Gasteiger partial charge is 0.375 e. The molecule has 0 aliphatic carbocycles. The van der Waals surface area contributed by atoms with Gasteiger partial charge in [0.2, 0.25) is 0 Å². The van der Waals surface area contributed by atoms with Crippen molar-refractivity contribution < 1.29 is 0 Å². The maximum absolute atomic E-state index is 6.26. The minimum atomic E-state index is -0.143. The smallest absolute Gasteiger partial charge is 0.135 e. The third kappa shape index (κ3) is 3.02. The molecular formula is C19H16Cl2N2S2. The van der Waals surface area contributed by atoms with Gasteiger partial charge in [-0.25, -0.2) is 4.99 Å². The van der Waals surface area contributed by atoms with Crippen LogP contribution in [-0.4, -0.2) is 0 Å². The monoisotopic (exact) mass is 406 g/mol. The molecule has 3 aromatic rings. The Morgan fingerprint density at radius 1 is 1.04 bits per heavy atom. The first-order chi connectivity index (χ1) is 11.8. The van der Waals surface area contributed by atoms with Crippen molar-refractivity contribution in [3.8, 4) is 11.1 Å². The Kier molecular flexibility index (Phi) is 4.19. The number of aryl methyl sites for hydroxylation is 1. The van der Waals surface area contributed by atoms with Gasteiger partial charge in [0.15, 0.2) is 0 Å². The van der Waals surface area contributed by atoms with Gasteiger partial charge >= 0.3 is 0 Å². The van der Waals surface area contributed by atoms with Crippen LogP contribution in [-0.2, 0) is 5.54 Å². The van der Waals surface area contributed by atoms with Gasteiger partial charge < -0.3 is 5.32 Å².